The van der Waals surface area contributed by atoms with Crippen LogP contribution in [0.25, 0.3) is 0 Å². The van der Waals surface area contributed by atoms with Crippen molar-refractivity contribution in [1.82, 2.24) is 10.3 Å². The number of aliphatic hydroxyl groups excluding tert-OH is 1. The van der Waals surface area contributed by atoms with Crippen molar-refractivity contribution < 1.29 is 14.6 Å². The highest BCUT2D eigenvalue weighted by Crippen LogP contribution is 2.45. The van der Waals surface area contributed by atoms with Gasteiger partial charge in [-0.1, -0.05) is 25.3 Å². The molecule has 2 unspecified atom stereocenters. The molecule has 2 rings (SSSR count). The highest BCUT2D eigenvalue weighted by Gasteiger charge is 2.27. The summed E-state index contributed by atoms with van der Waals surface area (Å²) in [4.78, 5) is 23.6. The molecule has 0 spiro atoms. The average molecular weight is 379 g/mol. The molecular formula is C16H28ClN2O4P. The number of rotatable bonds is 8. The predicted octanol–water partition coefficient (Wildman–Crippen LogP) is 2.10. The van der Waals surface area contributed by atoms with Crippen LogP contribution in [0.2, 0.25) is 0 Å². The van der Waals surface area contributed by atoms with Gasteiger partial charge in [-0.15, -0.1) is 12.4 Å². The SMILES string of the molecule is Cl.O=c1ccc(CNCC(O)CP(=O)(O)CC2CCCCC2)c[nH]1. The van der Waals surface area contributed by atoms with Crippen molar-refractivity contribution in [1.29, 1.82) is 0 Å². The van der Waals surface area contributed by atoms with Crippen LogP contribution in [0.1, 0.15) is 37.7 Å². The standard InChI is InChI=1S/C16H27N2O4P.ClH/c19-15(10-17-8-14-6-7-16(20)18-9-14)12-23(21,22)11-13-4-2-1-3-5-13;/h6-7,9,13,15,17,19H,1-5,8,10-12H2,(H,18,20)(H,21,22);1H. The van der Waals surface area contributed by atoms with Crippen LogP contribution in [0.5, 0.6) is 0 Å². The summed E-state index contributed by atoms with van der Waals surface area (Å²) >= 11 is 0. The Morgan fingerprint density at radius 3 is 2.62 bits per heavy atom. The Labute approximate surface area is 148 Å². The molecule has 0 radical (unpaired) electrons. The van der Waals surface area contributed by atoms with Crippen molar-refractivity contribution in [2.24, 2.45) is 5.92 Å². The van der Waals surface area contributed by atoms with Crippen LogP contribution in [0.4, 0.5) is 0 Å². The summed E-state index contributed by atoms with van der Waals surface area (Å²) in [5, 5.41) is 13.0. The molecule has 0 aliphatic heterocycles. The van der Waals surface area contributed by atoms with E-state index in [4.69, 9.17) is 0 Å². The van der Waals surface area contributed by atoms with E-state index in [1.807, 2.05) is 0 Å². The first kappa shape index (κ1) is 21.4. The van der Waals surface area contributed by atoms with Crippen LogP contribution < -0.4 is 10.9 Å². The van der Waals surface area contributed by atoms with Gasteiger partial charge in [0.15, 0.2) is 0 Å². The molecule has 4 N–H and O–H groups in total. The van der Waals surface area contributed by atoms with Gasteiger partial charge in [0.25, 0.3) is 0 Å². The molecule has 0 amide bonds. The number of H-pyrrole nitrogens is 1. The largest absolute Gasteiger partial charge is 0.391 e. The summed E-state index contributed by atoms with van der Waals surface area (Å²) in [5.41, 5.74) is 0.740. The maximum absolute atomic E-state index is 12.3. The molecule has 1 fully saturated rings. The second-order valence-electron chi connectivity index (χ2n) is 6.56. The third-order valence-corrected chi connectivity index (χ3v) is 6.40. The van der Waals surface area contributed by atoms with E-state index in [1.165, 1.54) is 12.5 Å². The number of hydrogen-bond acceptors (Lipinski definition) is 4. The van der Waals surface area contributed by atoms with Gasteiger partial charge in [0.05, 0.1) is 12.3 Å². The van der Waals surface area contributed by atoms with Gasteiger partial charge in [-0.05, 0) is 24.3 Å². The molecule has 24 heavy (non-hydrogen) atoms. The molecule has 1 saturated carbocycles. The highest BCUT2D eigenvalue weighted by molar-refractivity contribution is 7.58. The van der Waals surface area contributed by atoms with Gasteiger partial charge in [0, 0.05) is 31.5 Å². The van der Waals surface area contributed by atoms with Crippen LogP contribution >= 0.6 is 19.8 Å². The highest BCUT2D eigenvalue weighted by atomic mass is 35.5. The number of nitrogens with one attached hydrogen (secondary N) is 2. The summed E-state index contributed by atoms with van der Waals surface area (Å²) in [6.45, 7) is 0.751. The lowest BCUT2D eigenvalue weighted by atomic mass is 9.91. The van der Waals surface area contributed by atoms with Gasteiger partial charge in [-0.2, -0.15) is 0 Å². The molecule has 2 atom stereocenters. The maximum atomic E-state index is 12.3. The first-order valence-electron chi connectivity index (χ1n) is 8.32. The van der Waals surface area contributed by atoms with Crippen molar-refractivity contribution in [3.8, 4) is 0 Å². The Morgan fingerprint density at radius 2 is 2.00 bits per heavy atom. The van der Waals surface area contributed by atoms with Crippen molar-refractivity contribution in [3.63, 3.8) is 0 Å². The Kier molecular flexibility index (Phi) is 9.24. The minimum atomic E-state index is -3.27. The van der Waals surface area contributed by atoms with Crippen molar-refractivity contribution in [2.45, 2.75) is 44.8 Å². The molecular weight excluding hydrogens is 351 g/mol. The van der Waals surface area contributed by atoms with Gasteiger partial charge in [0.1, 0.15) is 0 Å². The molecule has 0 bridgehead atoms. The fourth-order valence-corrected chi connectivity index (χ4v) is 5.29. The molecule has 1 aliphatic rings. The molecule has 8 heteroatoms. The minimum absolute atomic E-state index is 0. The second kappa shape index (κ2) is 10.4. The van der Waals surface area contributed by atoms with Gasteiger partial charge < -0.3 is 20.3 Å². The summed E-state index contributed by atoms with van der Waals surface area (Å²) in [6.07, 6.45) is 6.65. The van der Waals surface area contributed by atoms with Gasteiger partial charge in [-0.3, -0.25) is 9.36 Å². The molecule has 1 aromatic heterocycles. The average Bonchev–Trinajstić information content (AvgIpc) is 2.49. The first-order chi connectivity index (χ1) is 10.9. The zero-order valence-electron chi connectivity index (χ0n) is 13.8. The molecule has 138 valence electrons. The third kappa shape index (κ3) is 7.95. The van der Waals surface area contributed by atoms with E-state index in [1.54, 1.807) is 12.3 Å². The van der Waals surface area contributed by atoms with Crippen molar-refractivity contribution in [3.05, 3.63) is 34.2 Å². The molecule has 0 aromatic carbocycles. The van der Waals surface area contributed by atoms with Crippen molar-refractivity contribution >= 4 is 19.8 Å². The predicted molar refractivity (Wildman–Crippen MR) is 98.2 cm³/mol. The summed E-state index contributed by atoms with van der Waals surface area (Å²) in [7, 11) is -3.27. The number of aliphatic hydroxyl groups is 1. The first-order valence-corrected chi connectivity index (χ1v) is 10.3. The fourth-order valence-electron chi connectivity index (χ4n) is 3.18. The van der Waals surface area contributed by atoms with Crippen LogP contribution in [0.15, 0.2) is 23.1 Å². The number of pyridine rings is 1. The Hall–Kier alpha value is -0.650. The van der Waals surface area contributed by atoms with E-state index in [0.29, 0.717) is 18.6 Å². The van der Waals surface area contributed by atoms with E-state index in [-0.39, 0.29) is 30.7 Å². The van der Waals surface area contributed by atoms with Gasteiger partial charge >= 0.3 is 0 Å². The van der Waals surface area contributed by atoms with Crippen LogP contribution in [-0.2, 0) is 11.1 Å². The van der Waals surface area contributed by atoms with E-state index < -0.39 is 13.5 Å². The number of aromatic amines is 1. The summed E-state index contributed by atoms with van der Waals surface area (Å²) in [6, 6.07) is 3.15. The second-order valence-corrected chi connectivity index (χ2v) is 8.98. The van der Waals surface area contributed by atoms with E-state index >= 15 is 0 Å². The normalized spacial score (nSPS) is 19.2. The maximum Gasteiger partial charge on any atom is 0.247 e. The van der Waals surface area contributed by atoms with Gasteiger partial charge in [-0.25, -0.2) is 0 Å². The Morgan fingerprint density at radius 1 is 1.29 bits per heavy atom. The van der Waals surface area contributed by atoms with Crippen LogP contribution in [0.3, 0.4) is 0 Å². The Bertz CT molecular complexity index is 569. The summed E-state index contributed by atoms with van der Waals surface area (Å²) in [5.74, 6) is 0.334. The van der Waals surface area contributed by atoms with E-state index in [0.717, 1.165) is 31.2 Å². The quantitative estimate of drug-likeness (QED) is 0.519. The lowest BCUT2D eigenvalue weighted by Gasteiger charge is -2.25. The van der Waals surface area contributed by atoms with Crippen LogP contribution in [0, 0.1) is 5.92 Å². The zero-order chi connectivity index (χ0) is 16.7. The topological polar surface area (TPSA) is 102 Å². The van der Waals surface area contributed by atoms with Crippen LogP contribution in [-0.4, -0.2) is 40.0 Å². The van der Waals surface area contributed by atoms with E-state index in [9.17, 15) is 19.4 Å². The molecule has 1 aliphatic carbocycles. The Balaban J connectivity index is 0.00000288. The van der Waals surface area contributed by atoms with Gasteiger partial charge in [0.2, 0.25) is 12.9 Å². The van der Waals surface area contributed by atoms with Crippen molar-refractivity contribution in [2.75, 3.05) is 18.9 Å². The van der Waals surface area contributed by atoms with E-state index in [2.05, 4.69) is 10.3 Å². The lowest BCUT2D eigenvalue weighted by Crippen LogP contribution is -2.30. The third-order valence-electron chi connectivity index (χ3n) is 4.32. The number of aromatic nitrogens is 1. The fraction of sp³-hybridized carbons (Fsp3) is 0.688. The molecule has 1 heterocycles. The molecule has 1 aromatic rings. The monoisotopic (exact) mass is 378 g/mol. The zero-order valence-corrected chi connectivity index (χ0v) is 15.5. The smallest absolute Gasteiger partial charge is 0.247 e. The molecule has 0 saturated heterocycles. The lowest BCUT2D eigenvalue weighted by molar-refractivity contribution is 0.189. The minimum Gasteiger partial charge on any atom is -0.391 e. The number of halogens is 1. The summed E-state index contributed by atoms with van der Waals surface area (Å²) < 4.78 is 12.3. The molecule has 6 nitrogen and oxygen atoms in total. The number of hydrogen-bond donors (Lipinski definition) is 4.